The van der Waals surface area contributed by atoms with E-state index in [2.05, 4.69) is 20.8 Å². The summed E-state index contributed by atoms with van der Waals surface area (Å²) in [5.74, 6) is 0. The predicted molar refractivity (Wildman–Crippen MR) is 99.7 cm³/mol. The Bertz CT molecular complexity index is 830. The van der Waals surface area contributed by atoms with Crippen molar-refractivity contribution in [2.24, 2.45) is 0 Å². The fourth-order valence-corrected chi connectivity index (χ4v) is 5.56. The number of piperazine rings is 1. The Morgan fingerprint density at radius 2 is 1.83 bits per heavy atom. The normalized spacial score (nSPS) is 20.2. The smallest absolute Gasteiger partial charge is 0.245 e. The number of likely N-dealkylation sites (N-methyl/N-ethyl adjacent to an activating group) is 1. The van der Waals surface area contributed by atoms with Gasteiger partial charge in [0.15, 0.2) is 0 Å². The number of sulfonamides is 1. The summed E-state index contributed by atoms with van der Waals surface area (Å²) in [7, 11) is -1.67. The van der Waals surface area contributed by atoms with Gasteiger partial charge in [-0.15, -0.1) is 0 Å². The lowest BCUT2D eigenvalue weighted by atomic mass is 10.1. The third-order valence-electron chi connectivity index (χ3n) is 4.20. The van der Waals surface area contributed by atoms with E-state index in [9.17, 15) is 8.42 Å². The van der Waals surface area contributed by atoms with Crippen LogP contribution in [-0.4, -0.2) is 44.3 Å². The molecule has 0 saturated carbocycles. The first-order valence-electron chi connectivity index (χ1n) is 7.60. The zero-order valence-corrected chi connectivity index (χ0v) is 16.4. The summed E-state index contributed by atoms with van der Waals surface area (Å²) < 4.78 is 28.8. The fourth-order valence-electron chi connectivity index (χ4n) is 2.95. The van der Waals surface area contributed by atoms with Gasteiger partial charge in [-0.25, -0.2) is 8.42 Å². The second-order valence-corrected chi connectivity index (χ2v) is 9.06. The zero-order valence-electron chi connectivity index (χ0n) is 13.2. The molecule has 1 heterocycles. The van der Waals surface area contributed by atoms with E-state index in [0.29, 0.717) is 19.6 Å². The molecule has 1 saturated heterocycles. The summed E-state index contributed by atoms with van der Waals surface area (Å²) in [4.78, 5) is 2.30. The molecule has 2 aromatic rings. The Balaban J connectivity index is 2.04. The lowest BCUT2D eigenvalue weighted by molar-refractivity contribution is 0.160. The van der Waals surface area contributed by atoms with Gasteiger partial charge in [0.25, 0.3) is 0 Å². The lowest BCUT2D eigenvalue weighted by Crippen LogP contribution is -2.49. The van der Waals surface area contributed by atoms with E-state index < -0.39 is 10.0 Å². The minimum atomic E-state index is -3.68. The third-order valence-corrected chi connectivity index (χ3v) is 7.08. The monoisotopic (exact) mass is 428 g/mol. The molecule has 1 atom stereocenters. The number of benzene rings is 2. The van der Waals surface area contributed by atoms with Crippen molar-refractivity contribution in [3.05, 3.63) is 63.6 Å². The van der Waals surface area contributed by atoms with E-state index in [-0.39, 0.29) is 16.0 Å². The van der Waals surface area contributed by atoms with Gasteiger partial charge in [-0.05, 0) is 30.8 Å². The van der Waals surface area contributed by atoms with Crippen LogP contribution >= 0.6 is 27.5 Å². The van der Waals surface area contributed by atoms with Gasteiger partial charge < -0.3 is 4.90 Å². The molecule has 4 nitrogen and oxygen atoms in total. The van der Waals surface area contributed by atoms with Crippen molar-refractivity contribution in [3.63, 3.8) is 0 Å². The highest BCUT2D eigenvalue weighted by Gasteiger charge is 2.37. The summed E-state index contributed by atoms with van der Waals surface area (Å²) in [5.41, 5.74) is 0.987. The van der Waals surface area contributed by atoms with Crippen LogP contribution in [0.15, 0.2) is 57.9 Å². The number of hydrogen-bond acceptors (Lipinski definition) is 3. The van der Waals surface area contributed by atoms with Crippen LogP contribution in [0, 0.1) is 0 Å². The Morgan fingerprint density at radius 3 is 2.50 bits per heavy atom. The van der Waals surface area contributed by atoms with Crippen LogP contribution in [0.5, 0.6) is 0 Å². The van der Waals surface area contributed by atoms with Gasteiger partial charge in [-0.1, -0.05) is 57.9 Å². The molecule has 0 amide bonds. The molecule has 0 N–H and O–H groups in total. The van der Waals surface area contributed by atoms with Gasteiger partial charge in [0.1, 0.15) is 4.90 Å². The van der Waals surface area contributed by atoms with Crippen molar-refractivity contribution in [1.29, 1.82) is 0 Å². The van der Waals surface area contributed by atoms with E-state index in [1.165, 1.54) is 0 Å². The van der Waals surface area contributed by atoms with E-state index in [1.807, 2.05) is 37.4 Å². The highest BCUT2D eigenvalue weighted by atomic mass is 79.9. The third kappa shape index (κ3) is 3.53. The van der Waals surface area contributed by atoms with Crippen molar-refractivity contribution in [3.8, 4) is 0 Å². The molecule has 0 bridgehead atoms. The quantitative estimate of drug-likeness (QED) is 0.745. The average Bonchev–Trinajstić information content (AvgIpc) is 2.55. The van der Waals surface area contributed by atoms with Crippen LogP contribution in [0.25, 0.3) is 0 Å². The molecule has 0 unspecified atom stereocenters. The van der Waals surface area contributed by atoms with Crippen molar-refractivity contribution in [1.82, 2.24) is 9.21 Å². The summed E-state index contributed by atoms with van der Waals surface area (Å²) in [6.07, 6.45) is 0. The molecule has 7 heteroatoms. The van der Waals surface area contributed by atoms with Crippen molar-refractivity contribution < 1.29 is 8.42 Å². The number of nitrogens with zero attached hydrogens (tertiary/aromatic N) is 2. The standard InChI is InChI=1S/C17H18BrClN2O2S/c1-20-9-10-21(16(12-20)13-5-3-2-4-6-13)24(22,23)17-8-7-14(18)11-15(17)19/h2-8,11,16H,9-10,12H2,1H3/t16-/m0/s1. The number of halogens is 2. The lowest BCUT2D eigenvalue weighted by Gasteiger charge is -2.39. The first-order chi connectivity index (χ1) is 11.4. The van der Waals surface area contributed by atoms with Gasteiger partial charge in [0.05, 0.1) is 11.1 Å². The second-order valence-electron chi connectivity index (χ2n) is 5.88. The molecular formula is C17H18BrClN2O2S. The predicted octanol–water partition coefficient (Wildman–Crippen LogP) is 3.78. The molecule has 0 aromatic heterocycles. The Kier molecular flexibility index (Phi) is 5.32. The van der Waals surface area contributed by atoms with Crippen LogP contribution in [0.3, 0.4) is 0 Å². The van der Waals surface area contributed by atoms with Gasteiger partial charge in [-0.3, -0.25) is 0 Å². The van der Waals surface area contributed by atoms with E-state index in [4.69, 9.17) is 11.6 Å². The number of hydrogen-bond donors (Lipinski definition) is 0. The van der Waals surface area contributed by atoms with Gasteiger partial charge >= 0.3 is 0 Å². The first-order valence-corrected chi connectivity index (χ1v) is 10.2. The SMILES string of the molecule is CN1CCN(S(=O)(=O)c2ccc(Br)cc2Cl)[C@H](c2ccccc2)C1. The molecule has 24 heavy (non-hydrogen) atoms. The average molecular weight is 430 g/mol. The number of rotatable bonds is 3. The van der Waals surface area contributed by atoms with E-state index in [1.54, 1.807) is 22.5 Å². The maximum absolute atomic E-state index is 13.2. The molecule has 0 spiro atoms. The van der Waals surface area contributed by atoms with E-state index in [0.717, 1.165) is 10.0 Å². The summed E-state index contributed by atoms with van der Waals surface area (Å²) in [6, 6.07) is 14.4. The van der Waals surface area contributed by atoms with Gasteiger partial charge in [0.2, 0.25) is 10.0 Å². The van der Waals surface area contributed by atoms with Crippen molar-refractivity contribution in [2.45, 2.75) is 10.9 Å². The van der Waals surface area contributed by atoms with Crippen LogP contribution in [0.1, 0.15) is 11.6 Å². The summed E-state index contributed by atoms with van der Waals surface area (Å²) >= 11 is 9.53. The molecule has 0 aliphatic carbocycles. The molecule has 3 rings (SSSR count). The molecular weight excluding hydrogens is 412 g/mol. The minimum absolute atomic E-state index is 0.151. The Hall–Kier alpha value is -0.920. The van der Waals surface area contributed by atoms with Gasteiger partial charge in [-0.2, -0.15) is 4.31 Å². The second kappa shape index (κ2) is 7.14. The summed E-state index contributed by atoms with van der Waals surface area (Å²) in [5, 5.41) is 0.232. The minimum Gasteiger partial charge on any atom is -0.303 e. The Morgan fingerprint density at radius 1 is 1.12 bits per heavy atom. The molecule has 0 radical (unpaired) electrons. The molecule has 1 fully saturated rings. The maximum atomic E-state index is 13.2. The zero-order chi connectivity index (χ0) is 17.3. The fraction of sp³-hybridized carbons (Fsp3) is 0.294. The molecule has 2 aromatic carbocycles. The topological polar surface area (TPSA) is 40.6 Å². The largest absolute Gasteiger partial charge is 0.303 e. The van der Waals surface area contributed by atoms with Crippen molar-refractivity contribution >= 4 is 37.6 Å². The van der Waals surface area contributed by atoms with Crippen LogP contribution in [-0.2, 0) is 10.0 Å². The highest BCUT2D eigenvalue weighted by molar-refractivity contribution is 9.10. The Labute approximate surface area is 156 Å². The maximum Gasteiger partial charge on any atom is 0.245 e. The molecule has 128 valence electrons. The highest BCUT2D eigenvalue weighted by Crippen LogP contribution is 2.34. The van der Waals surface area contributed by atoms with Crippen LogP contribution in [0.4, 0.5) is 0 Å². The van der Waals surface area contributed by atoms with E-state index >= 15 is 0 Å². The van der Waals surface area contributed by atoms with Crippen LogP contribution < -0.4 is 0 Å². The van der Waals surface area contributed by atoms with Gasteiger partial charge in [0, 0.05) is 24.1 Å². The summed E-state index contributed by atoms with van der Waals surface area (Å²) in [6.45, 7) is 1.78. The van der Waals surface area contributed by atoms with Crippen molar-refractivity contribution in [2.75, 3.05) is 26.7 Å². The molecule has 1 aliphatic heterocycles. The van der Waals surface area contributed by atoms with Crippen LogP contribution in [0.2, 0.25) is 5.02 Å². The molecule has 1 aliphatic rings. The first kappa shape index (κ1) is 17.9.